The SMILES string of the molecule is O=C(CNC(=O)c1cccc([N+](=O)[O-])c1)OCC(=O)c1ccc2ccccc2c1. The fourth-order valence-corrected chi connectivity index (χ4v) is 2.66. The van der Waals surface area contributed by atoms with Crippen LogP contribution < -0.4 is 5.32 Å². The van der Waals surface area contributed by atoms with Gasteiger partial charge in [-0.15, -0.1) is 0 Å². The Morgan fingerprint density at radius 1 is 0.897 bits per heavy atom. The molecule has 0 aliphatic carbocycles. The average molecular weight is 392 g/mol. The summed E-state index contributed by atoms with van der Waals surface area (Å²) in [4.78, 5) is 46.2. The van der Waals surface area contributed by atoms with Gasteiger partial charge in [0.25, 0.3) is 11.6 Å². The van der Waals surface area contributed by atoms with Crippen LogP contribution in [0.15, 0.2) is 66.7 Å². The number of nitrogens with one attached hydrogen (secondary N) is 1. The van der Waals surface area contributed by atoms with Crippen molar-refractivity contribution < 1.29 is 24.0 Å². The number of esters is 1. The lowest BCUT2D eigenvalue weighted by molar-refractivity contribution is -0.384. The lowest BCUT2D eigenvalue weighted by atomic mass is 10.0. The van der Waals surface area contributed by atoms with Gasteiger partial charge in [-0.2, -0.15) is 0 Å². The van der Waals surface area contributed by atoms with Crippen LogP contribution in [-0.2, 0) is 9.53 Å². The molecule has 3 rings (SSSR count). The fraction of sp³-hybridized carbons (Fsp3) is 0.0952. The van der Waals surface area contributed by atoms with E-state index in [0.29, 0.717) is 5.56 Å². The van der Waals surface area contributed by atoms with Gasteiger partial charge in [-0.1, -0.05) is 42.5 Å². The maximum atomic E-state index is 12.2. The van der Waals surface area contributed by atoms with Crippen LogP contribution in [0.1, 0.15) is 20.7 Å². The van der Waals surface area contributed by atoms with Crippen LogP contribution in [0.5, 0.6) is 0 Å². The Hall–Kier alpha value is -4.07. The summed E-state index contributed by atoms with van der Waals surface area (Å²) < 4.78 is 4.91. The number of non-ortho nitro benzene ring substituents is 1. The number of ether oxygens (including phenoxy) is 1. The number of rotatable bonds is 7. The number of nitro groups is 1. The second-order valence-electron chi connectivity index (χ2n) is 6.14. The molecule has 0 bridgehead atoms. The monoisotopic (exact) mass is 392 g/mol. The highest BCUT2D eigenvalue weighted by molar-refractivity contribution is 6.01. The number of benzene rings is 3. The molecule has 8 nitrogen and oxygen atoms in total. The molecule has 0 radical (unpaired) electrons. The molecule has 0 unspecified atom stereocenters. The summed E-state index contributed by atoms with van der Waals surface area (Å²) in [6.07, 6.45) is 0. The van der Waals surface area contributed by atoms with Crippen molar-refractivity contribution >= 4 is 34.1 Å². The number of hydrogen-bond donors (Lipinski definition) is 1. The molecule has 0 fully saturated rings. The first kappa shape index (κ1) is 19.7. The van der Waals surface area contributed by atoms with E-state index in [-0.39, 0.29) is 17.0 Å². The Kier molecular flexibility index (Phi) is 5.94. The number of ketones is 1. The van der Waals surface area contributed by atoms with Crippen molar-refractivity contribution in [1.29, 1.82) is 0 Å². The zero-order valence-electron chi connectivity index (χ0n) is 15.2. The van der Waals surface area contributed by atoms with E-state index in [1.807, 2.05) is 30.3 Å². The highest BCUT2D eigenvalue weighted by atomic mass is 16.6. The first-order valence-electron chi connectivity index (χ1n) is 8.64. The largest absolute Gasteiger partial charge is 0.456 e. The van der Waals surface area contributed by atoms with Crippen LogP contribution in [0.3, 0.4) is 0 Å². The van der Waals surface area contributed by atoms with Gasteiger partial charge in [0.05, 0.1) is 4.92 Å². The summed E-state index contributed by atoms with van der Waals surface area (Å²) in [5.41, 5.74) is 0.220. The van der Waals surface area contributed by atoms with Gasteiger partial charge in [-0.05, 0) is 22.9 Å². The smallest absolute Gasteiger partial charge is 0.325 e. The lowest BCUT2D eigenvalue weighted by Crippen LogP contribution is -2.31. The van der Waals surface area contributed by atoms with Crippen molar-refractivity contribution in [2.75, 3.05) is 13.2 Å². The number of amides is 1. The fourth-order valence-electron chi connectivity index (χ4n) is 2.66. The van der Waals surface area contributed by atoms with Gasteiger partial charge in [0, 0.05) is 23.3 Å². The molecule has 3 aromatic carbocycles. The number of fused-ring (bicyclic) bond motifs is 1. The third-order valence-corrected chi connectivity index (χ3v) is 4.15. The van der Waals surface area contributed by atoms with Crippen LogP contribution in [0.25, 0.3) is 10.8 Å². The molecule has 0 atom stereocenters. The topological polar surface area (TPSA) is 116 Å². The Labute approximate surface area is 165 Å². The van der Waals surface area contributed by atoms with Crippen molar-refractivity contribution in [3.63, 3.8) is 0 Å². The molecule has 0 saturated heterocycles. The first-order valence-corrected chi connectivity index (χ1v) is 8.64. The molecule has 8 heteroatoms. The van der Waals surface area contributed by atoms with Crippen LogP contribution in [-0.4, -0.2) is 35.7 Å². The molecule has 0 aromatic heterocycles. The summed E-state index contributed by atoms with van der Waals surface area (Å²) in [5, 5.41) is 14.9. The lowest BCUT2D eigenvalue weighted by Gasteiger charge is -2.07. The molecular formula is C21H16N2O6. The minimum Gasteiger partial charge on any atom is -0.456 e. The quantitative estimate of drug-likeness (QED) is 0.286. The number of carbonyl (C=O) groups is 3. The number of nitrogens with zero attached hydrogens (tertiary/aromatic N) is 1. The van der Waals surface area contributed by atoms with Gasteiger partial charge in [0.15, 0.2) is 12.4 Å². The van der Waals surface area contributed by atoms with Gasteiger partial charge in [0.1, 0.15) is 6.54 Å². The normalized spacial score (nSPS) is 10.3. The summed E-state index contributed by atoms with van der Waals surface area (Å²) in [5.74, 6) is -1.82. The standard InChI is InChI=1S/C21H16N2O6/c24-19(16-9-8-14-4-1-2-5-15(14)10-16)13-29-20(25)12-22-21(26)17-6-3-7-18(11-17)23(27)28/h1-11H,12-13H2,(H,22,26). The van der Waals surface area contributed by atoms with Crippen molar-refractivity contribution in [3.05, 3.63) is 88.0 Å². The van der Waals surface area contributed by atoms with E-state index in [1.54, 1.807) is 12.1 Å². The molecule has 0 spiro atoms. The van der Waals surface area contributed by atoms with Gasteiger partial charge in [-0.25, -0.2) is 0 Å². The summed E-state index contributed by atoms with van der Waals surface area (Å²) in [6, 6.07) is 17.9. The van der Waals surface area contributed by atoms with E-state index < -0.39 is 30.0 Å². The second kappa shape index (κ2) is 8.75. The van der Waals surface area contributed by atoms with Gasteiger partial charge in [-0.3, -0.25) is 24.5 Å². The van der Waals surface area contributed by atoms with Gasteiger partial charge >= 0.3 is 5.97 Å². The molecule has 146 valence electrons. The van der Waals surface area contributed by atoms with Crippen molar-refractivity contribution in [2.24, 2.45) is 0 Å². The number of nitro benzene ring substituents is 1. The Balaban J connectivity index is 1.51. The molecule has 1 amide bonds. The van der Waals surface area contributed by atoms with E-state index in [2.05, 4.69) is 5.32 Å². The van der Waals surface area contributed by atoms with Gasteiger partial charge < -0.3 is 10.1 Å². The van der Waals surface area contributed by atoms with Crippen molar-refractivity contribution in [1.82, 2.24) is 5.32 Å². The molecular weight excluding hydrogens is 376 g/mol. The zero-order valence-corrected chi connectivity index (χ0v) is 15.2. The average Bonchev–Trinajstić information content (AvgIpc) is 2.75. The molecule has 0 aliphatic heterocycles. The highest BCUT2D eigenvalue weighted by Crippen LogP contribution is 2.16. The molecule has 0 saturated carbocycles. The number of carbonyl (C=O) groups excluding carboxylic acids is 3. The predicted molar refractivity (Wildman–Crippen MR) is 105 cm³/mol. The predicted octanol–water partition coefficient (Wildman–Crippen LogP) is 2.90. The molecule has 0 heterocycles. The van der Waals surface area contributed by atoms with E-state index in [9.17, 15) is 24.5 Å². The Morgan fingerprint density at radius 3 is 2.41 bits per heavy atom. The third-order valence-electron chi connectivity index (χ3n) is 4.15. The number of hydrogen-bond acceptors (Lipinski definition) is 6. The van der Waals surface area contributed by atoms with E-state index >= 15 is 0 Å². The second-order valence-corrected chi connectivity index (χ2v) is 6.14. The van der Waals surface area contributed by atoms with Crippen LogP contribution in [0, 0.1) is 10.1 Å². The Bertz CT molecular complexity index is 1110. The summed E-state index contributed by atoms with van der Waals surface area (Å²) in [6.45, 7) is -0.920. The summed E-state index contributed by atoms with van der Waals surface area (Å²) in [7, 11) is 0. The van der Waals surface area contributed by atoms with E-state index in [1.165, 1.54) is 18.2 Å². The molecule has 29 heavy (non-hydrogen) atoms. The minimum atomic E-state index is -0.794. The maximum absolute atomic E-state index is 12.2. The van der Waals surface area contributed by atoms with Gasteiger partial charge in [0.2, 0.25) is 0 Å². The van der Waals surface area contributed by atoms with Crippen LogP contribution in [0.2, 0.25) is 0 Å². The van der Waals surface area contributed by atoms with E-state index in [4.69, 9.17) is 4.74 Å². The third kappa shape index (κ3) is 5.01. The highest BCUT2D eigenvalue weighted by Gasteiger charge is 2.14. The molecule has 3 aromatic rings. The minimum absolute atomic E-state index is 0.0410. The van der Waals surface area contributed by atoms with Crippen LogP contribution in [0.4, 0.5) is 5.69 Å². The summed E-state index contributed by atoms with van der Waals surface area (Å²) >= 11 is 0. The first-order chi connectivity index (χ1) is 13.9. The van der Waals surface area contributed by atoms with E-state index in [0.717, 1.165) is 16.8 Å². The Morgan fingerprint density at radius 2 is 1.66 bits per heavy atom. The molecule has 1 N–H and O–H groups in total. The van der Waals surface area contributed by atoms with Crippen molar-refractivity contribution in [3.8, 4) is 0 Å². The zero-order chi connectivity index (χ0) is 20.8. The van der Waals surface area contributed by atoms with Crippen LogP contribution >= 0.6 is 0 Å². The number of Topliss-reactive ketones (excluding diaryl/α,β-unsaturated/α-hetero) is 1. The van der Waals surface area contributed by atoms with Crippen molar-refractivity contribution in [2.45, 2.75) is 0 Å². The molecule has 0 aliphatic rings. The maximum Gasteiger partial charge on any atom is 0.325 e.